The molecule has 9 heteroatoms. The molecule has 2 spiro atoms. The topological polar surface area (TPSA) is 118 Å². The van der Waals surface area contributed by atoms with Gasteiger partial charge in [-0.2, -0.15) is 0 Å². The number of Topliss-reactive ketones (excluding diaryl/α,β-unsaturated/α-hetero) is 2. The molecule has 4 fully saturated rings. The zero-order chi connectivity index (χ0) is 39.3. The fraction of sp³-hybridized carbons (Fsp3) is 0.886. The standard InChI is InChI=1S/C44H72O9/c1-13-33(31(10)45)35-17-16-25(4)39(50-35)30(9)28(7)29(8)38(47)34(14-2)40-26(5)24-27(6)43(51-40)21-18-36(46)44(53-43)23-22-41(12,52-44)37-19-20-42(48,15-3)32(11)49-37/h18,21,25-30,32-35,37,39-40,48H,13-17,19-20,22-24H2,1-12H3/t25-,26-,27+,28?,29-,30-,32-,33?,34-,35+,37+,39?,40-,41-,42+,43-,44-/m0/s1. The molecular weight excluding hydrogens is 672 g/mol. The van der Waals surface area contributed by atoms with Crippen molar-refractivity contribution < 1.29 is 43.2 Å². The second-order valence-corrected chi connectivity index (χ2v) is 18.4. The second-order valence-electron chi connectivity index (χ2n) is 18.4. The molecule has 0 aromatic carbocycles. The highest BCUT2D eigenvalue weighted by Crippen LogP contribution is 2.53. The van der Waals surface area contributed by atoms with Crippen LogP contribution >= 0.6 is 0 Å². The molecule has 5 aliphatic heterocycles. The first-order valence-corrected chi connectivity index (χ1v) is 21.2. The summed E-state index contributed by atoms with van der Waals surface area (Å²) in [6.45, 7) is 24.6. The van der Waals surface area contributed by atoms with E-state index in [4.69, 9.17) is 23.7 Å². The predicted molar refractivity (Wildman–Crippen MR) is 204 cm³/mol. The molecular formula is C44H72O9. The number of carbonyl (C=O) groups is 3. The minimum atomic E-state index is -1.51. The fourth-order valence-electron chi connectivity index (χ4n) is 10.8. The van der Waals surface area contributed by atoms with Crippen molar-refractivity contribution in [2.75, 3.05) is 0 Å². The van der Waals surface area contributed by atoms with E-state index in [9.17, 15) is 19.5 Å². The van der Waals surface area contributed by atoms with Crippen LogP contribution in [0.1, 0.15) is 147 Å². The van der Waals surface area contributed by atoms with Gasteiger partial charge in [-0.05, 0) is 114 Å². The molecule has 5 rings (SSSR count). The van der Waals surface area contributed by atoms with Crippen LogP contribution in [-0.2, 0) is 38.1 Å². The third-order valence-corrected chi connectivity index (χ3v) is 15.1. The van der Waals surface area contributed by atoms with E-state index in [1.807, 2.05) is 20.8 Å². The number of hydrogen-bond acceptors (Lipinski definition) is 9. The number of hydrogen-bond donors (Lipinski definition) is 1. The van der Waals surface area contributed by atoms with Crippen LogP contribution in [0.4, 0.5) is 0 Å². The van der Waals surface area contributed by atoms with Gasteiger partial charge in [0.05, 0.1) is 41.7 Å². The van der Waals surface area contributed by atoms with E-state index in [0.717, 1.165) is 25.7 Å². The third kappa shape index (κ3) is 7.92. The normalized spacial score (nSPS) is 44.8. The summed E-state index contributed by atoms with van der Waals surface area (Å²) in [7, 11) is 0. The largest absolute Gasteiger partial charge is 0.387 e. The molecule has 5 aliphatic rings. The van der Waals surface area contributed by atoms with Crippen molar-refractivity contribution >= 4 is 17.3 Å². The summed E-state index contributed by atoms with van der Waals surface area (Å²) in [6.07, 6.45) is 9.05. The van der Waals surface area contributed by atoms with Crippen LogP contribution in [0.3, 0.4) is 0 Å². The molecule has 302 valence electrons. The van der Waals surface area contributed by atoms with Gasteiger partial charge in [0.2, 0.25) is 11.6 Å². The van der Waals surface area contributed by atoms with Crippen LogP contribution in [-0.4, -0.2) is 75.8 Å². The summed E-state index contributed by atoms with van der Waals surface area (Å²) in [6, 6.07) is 0. The Balaban J connectivity index is 1.31. The molecule has 53 heavy (non-hydrogen) atoms. The molecule has 0 bridgehead atoms. The van der Waals surface area contributed by atoms with Crippen molar-refractivity contribution in [2.45, 2.75) is 201 Å². The van der Waals surface area contributed by atoms with E-state index < -0.39 is 28.9 Å². The lowest BCUT2D eigenvalue weighted by Crippen LogP contribution is -2.62. The lowest BCUT2D eigenvalue weighted by atomic mass is 9.70. The molecule has 3 unspecified atom stereocenters. The molecule has 0 radical (unpaired) electrons. The van der Waals surface area contributed by atoms with Gasteiger partial charge in [-0.25, -0.2) is 0 Å². The lowest BCUT2D eigenvalue weighted by molar-refractivity contribution is -0.378. The number of carbonyl (C=O) groups excluding carboxylic acids is 3. The van der Waals surface area contributed by atoms with Gasteiger partial charge in [0, 0.05) is 30.1 Å². The molecule has 5 heterocycles. The Labute approximate surface area is 320 Å². The van der Waals surface area contributed by atoms with Gasteiger partial charge in [0.25, 0.3) is 0 Å². The molecule has 0 amide bonds. The number of rotatable bonds is 12. The van der Waals surface area contributed by atoms with E-state index in [1.165, 1.54) is 0 Å². The molecule has 17 atom stereocenters. The molecule has 9 nitrogen and oxygen atoms in total. The minimum Gasteiger partial charge on any atom is -0.387 e. The van der Waals surface area contributed by atoms with E-state index >= 15 is 0 Å². The third-order valence-electron chi connectivity index (χ3n) is 15.1. The Morgan fingerprint density at radius 1 is 0.887 bits per heavy atom. The van der Waals surface area contributed by atoms with Crippen molar-refractivity contribution in [1.29, 1.82) is 0 Å². The van der Waals surface area contributed by atoms with E-state index in [2.05, 4.69) is 55.4 Å². The molecule has 4 saturated heterocycles. The van der Waals surface area contributed by atoms with Gasteiger partial charge in [0.1, 0.15) is 11.6 Å². The van der Waals surface area contributed by atoms with Crippen LogP contribution in [0.15, 0.2) is 12.2 Å². The first-order chi connectivity index (χ1) is 24.8. The number of aliphatic hydroxyl groups is 1. The molecule has 0 saturated carbocycles. The maximum Gasteiger partial charge on any atom is 0.236 e. The Kier molecular flexibility index (Phi) is 13.0. The average molecular weight is 745 g/mol. The first-order valence-electron chi connectivity index (χ1n) is 21.2. The van der Waals surface area contributed by atoms with E-state index in [1.54, 1.807) is 19.1 Å². The Morgan fingerprint density at radius 2 is 1.57 bits per heavy atom. The Morgan fingerprint density at radius 3 is 2.17 bits per heavy atom. The van der Waals surface area contributed by atoms with Crippen molar-refractivity contribution in [1.82, 2.24) is 0 Å². The highest BCUT2D eigenvalue weighted by Gasteiger charge is 2.63. The van der Waals surface area contributed by atoms with Gasteiger partial charge < -0.3 is 28.8 Å². The zero-order valence-electron chi connectivity index (χ0n) is 34.9. The van der Waals surface area contributed by atoms with Crippen LogP contribution in [0.25, 0.3) is 0 Å². The van der Waals surface area contributed by atoms with Crippen molar-refractivity contribution in [2.24, 2.45) is 47.3 Å². The van der Waals surface area contributed by atoms with Crippen molar-refractivity contribution in [3.8, 4) is 0 Å². The lowest BCUT2D eigenvalue weighted by Gasteiger charge is -2.53. The molecule has 1 N–H and O–H groups in total. The summed E-state index contributed by atoms with van der Waals surface area (Å²) in [5.74, 6) is -2.72. The molecule has 0 aliphatic carbocycles. The number of ether oxygens (including phenoxy) is 5. The second kappa shape index (κ2) is 16.2. The van der Waals surface area contributed by atoms with Gasteiger partial charge in [-0.15, -0.1) is 0 Å². The van der Waals surface area contributed by atoms with Crippen LogP contribution < -0.4 is 0 Å². The summed E-state index contributed by atoms with van der Waals surface area (Å²) >= 11 is 0. The van der Waals surface area contributed by atoms with Crippen LogP contribution in [0.2, 0.25) is 0 Å². The zero-order valence-corrected chi connectivity index (χ0v) is 34.9. The maximum atomic E-state index is 14.6. The van der Waals surface area contributed by atoms with E-state index in [0.29, 0.717) is 44.4 Å². The summed E-state index contributed by atoms with van der Waals surface area (Å²) in [5.41, 5.74) is -1.65. The minimum absolute atomic E-state index is 0.0203. The summed E-state index contributed by atoms with van der Waals surface area (Å²) < 4.78 is 33.8. The fourth-order valence-corrected chi connectivity index (χ4v) is 10.8. The quantitative estimate of drug-likeness (QED) is 0.211. The highest BCUT2D eigenvalue weighted by atomic mass is 16.8. The number of ketones is 3. The van der Waals surface area contributed by atoms with Crippen LogP contribution in [0, 0.1) is 47.3 Å². The highest BCUT2D eigenvalue weighted by molar-refractivity contribution is 5.97. The monoisotopic (exact) mass is 745 g/mol. The first kappa shape index (κ1) is 42.6. The van der Waals surface area contributed by atoms with Crippen LogP contribution in [0.5, 0.6) is 0 Å². The van der Waals surface area contributed by atoms with E-state index in [-0.39, 0.29) is 83.2 Å². The van der Waals surface area contributed by atoms with Gasteiger partial charge in [-0.1, -0.05) is 62.3 Å². The van der Waals surface area contributed by atoms with Crippen molar-refractivity contribution in [3.63, 3.8) is 0 Å². The van der Waals surface area contributed by atoms with Gasteiger partial charge >= 0.3 is 0 Å². The van der Waals surface area contributed by atoms with Gasteiger partial charge in [-0.3, -0.25) is 14.4 Å². The summed E-state index contributed by atoms with van der Waals surface area (Å²) in [4.78, 5) is 40.7. The summed E-state index contributed by atoms with van der Waals surface area (Å²) in [5, 5.41) is 11.0. The average Bonchev–Trinajstić information content (AvgIpc) is 3.47. The molecule has 0 aromatic heterocycles. The van der Waals surface area contributed by atoms with Crippen molar-refractivity contribution in [3.05, 3.63) is 12.2 Å². The van der Waals surface area contributed by atoms with Gasteiger partial charge in [0.15, 0.2) is 5.79 Å². The Hall–Kier alpha value is -1.49. The Bertz CT molecular complexity index is 1360. The smallest absolute Gasteiger partial charge is 0.236 e. The molecule has 0 aromatic rings. The SMILES string of the molecule is CCC(C(C)=O)[C@H]1CC[C@H](C)C([C@@H](C)C(C)[C@H](C)C(=O)[C@H](CC)[C@H]2O[C@]3(C=CC(=O)[C@]4(CC[C@@](C)([C@H]5CC[C@](O)(CC)[C@H](C)O5)O4)O3)[C@H](C)C[C@@H]2C)O1. The predicted octanol–water partition coefficient (Wildman–Crippen LogP) is 8.18. The maximum absolute atomic E-state index is 14.6.